The smallest absolute Gasteiger partial charge is 0.254 e. The van der Waals surface area contributed by atoms with E-state index in [1.165, 1.54) is 0 Å². The maximum absolute atomic E-state index is 13.3. The van der Waals surface area contributed by atoms with Crippen LogP contribution in [0.15, 0.2) is 12.1 Å². The summed E-state index contributed by atoms with van der Waals surface area (Å²) in [5.74, 6) is -3.07. The van der Waals surface area contributed by atoms with Crippen LogP contribution in [0.25, 0.3) is 0 Å². The molecule has 1 aromatic rings. The quantitative estimate of drug-likeness (QED) is 0.787. The second-order valence-corrected chi connectivity index (χ2v) is 3.33. The Balaban J connectivity index is 2.87. The van der Waals surface area contributed by atoms with Crippen molar-refractivity contribution in [3.05, 3.63) is 29.3 Å². The molecule has 3 nitrogen and oxygen atoms in total. The lowest BCUT2D eigenvalue weighted by molar-refractivity contribution is 0.0992. The summed E-state index contributed by atoms with van der Waals surface area (Å²) in [4.78, 5) is 10.7. The highest BCUT2D eigenvalue weighted by Crippen LogP contribution is 2.20. The lowest BCUT2D eigenvalue weighted by Gasteiger charge is -2.07. The topological polar surface area (TPSA) is 52.3 Å². The maximum atomic E-state index is 13.3. The molecule has 0 atom stereocenters. The van der Waals surface area contributed by atoms with E-state index in [-0.39, 0.29) is 5.75 Å². The van der Waals surface area contributed by atoms with Crippen LogP contribution in [0.1, 0.15) is 30.1 Å². The molecule has 0 bridgehead atoms. The Hall–Kier alpha value is -1.65. The molecular formula is C11H13F2NO2. The van der Waals surface area contributed by atoms with Gasteiger partial charge in [0.1, 0.15) is 22.9 Å². The molecule has 0 fully saturated rings. The number of primary amides is 1. The molecule has 0 saturated carbocycles. The second kappa shape index (κ2) is 5.44. The Morgan fingerprint density at radius 3 is 2.38 bits per heavy atom. The lowest BCUT2D eigenvalue weighted by atomic mass is 10.2. The van der Waals surface area contributed by atoms with Gasteiger partial charge >= 0.3 is 0 Å². The van der Waals surface area contributed by atoms with Crippen molar-refractivity contribution < 1.29 is 18.3 Å². The largest absolute Gasteiger partial charge is 0.493 e. The minimum absolute atomic E-state index is 0.0634. The third-order valence-corrected chi connectivity index (χ3v) is 2.03. The molecule has 2 N–H and O–H groups in total. The maximum Gasteiger partial charge on any atom is 0.254 e. The molecule has 0 heterocycles. The molecule has 0 aliphatic carbocycles. The van der Waals surface area contributed by atoms with Gasteiger partial charge in [-0.1, -0.05) is 13.3 Å². The molecule has 1 amide bonds. The van der Waals surface area contributed by atoms with Gasteiger partial charge < -0.3 is 10.5 Å². The molecule has 88 valence electrons. The van der Waals surface area contributed by atoms with E-state index in [1.807, 2.05) is 6.92 Å². The highest BCUT2D eigenvalue weighted by molar-refractivity contribution is 5.93. The van der Waals surface area contributed by atoms with Gasteiger partial charge in [0.15, 0.2) is 0 Å². The van der Waals surface area contributed by atoms with Crippen LogP contribution in [0.5, 0.6) is 5.75 Å². The first kappa shape index (κ1) is 12.4. The van der Waals surface area contributed by atoms with Crippen LogP contribution in [-0.2, 0) is 0 Å². The first-order valence-electron chi connectivity index (χ1n) is 4.98. The van der Waals surface area contributed by atoms with Gasteiger partial charge in [-0.25, -0.2) is 8.78 Å². The fourth-order valence-electron chi connectivity index (χ4n) is 1.20. The van der Waals surface area contributed by atoms with Crippen molar-refractivity contribution in [1.82, 2.24) is 0 Å². The van der Waals surface area contributed by atoms with Gasteiger partial charge in [-0.2, -0.15) is 0 Å². The lowest BCUT2D eigenvalue weighted by Crippen LogP contribution is -2.15. The van der Waals surface area contributed by atoms with E-state index in [4.69, 9.17) is 10.5 Å². The number of unbranched alkanes of at least 4 members (excludes halogenated alkanes) is 1. The molecule has 0 aromatic heterocycles. The highest BCUT2D eigenvalue weighted by atomic mass is 19.1. The third-order valence-electron chi connectivity index (χ3n) is 2.03. The van der Waals surface area contributed by atoms with Crippen LogP contribution < -0.4 is 10.5 Å². The summed E-state index contributed by atoms with van der Waals surface area (Å²) in [6, 6.07) is 1.91. The summed E-state index contributed by atoms with van der Waals surface area (Å²) in [6.45, 7) is 2.35. The molecule has 0 saturated heterocycles. The van der Waals surface area contributed by atoms with E-state index in [1.54, 1.807) is 0 Å². The van der Waals surface area contributed by atoms with Gasteiger partial charge in [0.2, 0.25) is 0 Å². The second-order valence-electron chi connectivity index (χ2n) is 3.33. The Morgan fingerprint density at radius 2 is 1.94 bits per heavy atom. The summed E-state index contributed by atoms with van der Waals surface area (Å²) in [6.07, 6.45) is 1.71. The number of benzene rings is 1. The highest BCUT2D eigenvalue weighted by Gasteiger charge is 2.16. The number of amides is 1. The predicted octanol–water partition coefficient (Wildman–Crippen LogP) is 2.24. The number of halogens is 2. The van der Waals surface area contributed by atoms with E-state index >= 15 is 0 Å². The Bertz CT molecular complexity index is 371. The number of carbonyl (C=O) groups excluding carboxylic acids is 1. The SMILES string of the molecule is CCCCOc1cc(F)c(C(N)=O)c(F)c1. The van der Waals surface area contributed by atoms with Crippen LogP contribution in [-0.4, -0.2) is 12.5 Å². The van der Waals surface area contributed by atoms with E-state index in [0.29, 0.717) is 6.61 Å². The van der Waals surface area contributed by atoms with Crippen molar-refractivity contribution in [2.75, 3.05) is 6.61 Å². The average molecular weight is 229 g/mol. The first-order valence-corrected chi connectivity index (χ1v) is 4.98. The molecule has 1 aromatic carbocycles. The van der Waals surface area contributed by atoms with Crippen LogP contribution in [0.2, 0.25) is 0 Å². The molecular weight excluding hydrogens is 216 g/mol. The van der Waals surface area contributed by atoms with Crippen molar-refractivity contribution in [3.8, 4) is 5.75 Å². The van der Waals surface area contributed by atoms with E-state index < -0.39 is 23.1 Å². The van der Waals surface area contributed by atoms with Gasteiger partial charge in [-0.05, 0) is 6.42 Å². The van der Waals surface area contributed by atoms with Crippen molar-refractivity contribution >= 4 is 5.91 Å². The average Bonchev–Trinajstić information content (AvgIpc) is 2.16. The molecule has 1 rings (SSSR count). The van der Waals surface area contributed by atoms with Crippen LogP contribution >= 0.6 is 0 Å². The van der Waals surface area contributed by atoms with Crippen molar-refractivity contribution in [2.24, 2.45) is 5.73 Å². The van der Waals surface area contributed by atoms with Gasteiger partial charge in [-0.15, -0.1) is 0 Å². The van der Waals surface area contributed by atoms with Gasteiger partial charge in [-0.3, -0.25) is 4.79 Å². The number of nitrogens with two attached hydrogens (primary N) is 1. The van der Waals surface area contributed by atoms with Crippen molar-refractivity contribution in [2.45, 2.75) is 19.8 Å². The van der Waals surface area contributed by atoms with Gasteiger partial charge in [0.05, 0.1) is 6.61 Å². The normalized spacial score (nSPS) is 10.2. The number of rotatable bonds is 5. The van der Waals surface area contributed by atoms with Gasteiger partial charge in [0.25, 0.3) is 5.91 Å². The molecule has 0 aliphatic rings. The van der Waals surface area contributed by atoms with Crippen LogP contribution in [0.4, 0.5) is 8.78 Å². The summed E-state index contributed by atoms with van der Waals surface area (Å²) in [5, 5.41) is 0. The minimum Gasteiger partial charge on any atom is -0.493 e. The minimum atomic E-state index is -1.13. The third kappa shape index (κ3) is 2.92. The van der Waals surface area contributed by atoms with E-state index in [0.717, 1.165) is 25.0 Å². The number of hydrogen-bond donors (Lipinski definition) is 1. The fourth-order valence-corrected chi connectivity index (χ4v) is 1.20. The zero-order chi connectivity index (χ0) is 12.1. The Kier molecular flexibility index (Phi) is 4.22. The van der Waals surface area contributed by atoms with Crippen LogP contribution in [0, 0.1) is 11.6 Å². The summed E-state index contributed by atoms with van der Waals surface area (Å²) < 4.78 is 31.6. The number of ether oxygens (including phenoxy) is 1. The first-order chi connectivity index (χ1) is 7.56. The fraction of sp³-hybridized carbons (Fsp3) is 0.364. The summed E-state index contributed by atoms with van der Waals surface area (Å²) in [7, 11) is 0. The van der Waals surface area contributed by atoms with Crippen molar-refractivity contribution in [1.29, 1.82) is 0 Å². The van der Waals surface area contributed by atoms with Crippen LogP contribution in [0.3, 0.4) is 0 Å². The molecule has 5 heteroatoms. The molecule has 0 spiro atoms. The number of carbonyl (C=O) groups is 1. The number of hydrogen-bond acceptors (Lipinski definition) is 2. The van der Waals surface area contributed by atoms with Gasteiger partial charge in [0, 0.05) is 12.1 Å². The zero-order valence-electron chi connectivity index (χ0n) is 8.93. The summed E-state index contributed by atoms with van der Waals surface area (Å²) in [5.41, 5.74) is 4.09. The Morgan fingerprint density at radius 1 is 1.38 bits per heavy atom. The Labute approximate surface area is 92.2 Å². The molecule has 0 aliphatic heterocycles. The molecule has 16 heavy (non-hydrogen) atoms. The summed E-state index contributed by atoms with van der Waals surface area (Å²) >= 11 is 0. The van der Waals surface area contributed by atoms with E-state index in [2.05, 4.69) is 0 Å². The predicted molar refractivity (Wildman–Crippen MR) is 55.3 cm³/mol. The monoisotopic (exact) mass is 229 g/mol. The van der Waals surface area contributed by atoms with Crippen molar-refractivity contribution in [3.63, 3.8) is 0 Å². The molecule has 0 radical (unpaired) electrons. The standard InChI is InChI=1S/C11H13F2NO2/c1-2-3-4-16-7-5-8(12)10(11(14)15)9(13)6-7/h5-6H,2-4H2,1H3,(H2,14,15). The molecule has 0 unspecified atom stereocenters. The van der Waals surface area contributed by atoms with E-state index in [9.17, 15) is 13.6 Å². The zero-order valence-corrected chi connectivity index (χ0v) is 8.93.